The molecule has 3 heteroatoms. The normalized spacial score (nSPS) is 17.6. The molecule has 0 fully saturated rings. The topological polar surface area (TPSA) is 0 Å². The zero-order chi connectivity index (χ0) is 7.71. The van der Waals surface area contributed by atoms with Crippen molar-refractivity contribution in [3.05, 3.63) is 0 Å². The quantitative estimate of drug-likeness (QED) is 0.598. The molecule has 0 amide bonds. The van der Waals surface area contributed by atoms with Crippen molar-refractivity contribution in [3.8, 4) is 0 Å². The lowest BCUT2D eigenvalue weighted by Crippen LogP contribution is -1.90. The third-order valence-electron chi connectivity index (χ3n) is 0.408. The Morgan fingerprint density at radius 2 is 0.889 bits per heavy atom. The highest BCUT2D eigenvalue weighted by Gasteiger charge is 2.12. The summed E-state index contributed by atoms with van der Waals surface area (Å²) in [6.45, 7) is 0. The van der Waals surface area contributed by atoms with E-state index in [1.807, 2.05) is 0 Å². The molecular formula is C6H18S3. The minimum Gasteiger partial charge on any atom is -0.193 e. The van der Waals surface area contributed by atoms with E-state index >= 15 is 0 Å². The van der Waals surface area contributed by atoms with Crippen molar-refractivity contribution in [1.82, 2.24) is 0 Å². The Kier molecular flexibility index (Phi) is 3.32. The van der Waals surface area contributed by atoms with Gasteiger partial charge in [-0.2, -0.15) is 18.1 Å². The van der Waals surface area contributed by atoms with E-state index in [4.69, 9.17) is 0 Å². The van der Waals surface area contributed by atoms with E-state index in [9.17, 15) is 0 Å². The fourth-order valence-corrected chi connectivity index (χ4v) is 16.5. The molecule has 0 saturated heterocycles. The summed E-state index contributed by atoms with van der Waals surface area (Å²) in [5.74, 6) is 0. The van der Waals surface area contributed by atoms with Gasteiger partial charge >= 0.3 is 0 Å². The first-order valence-corrected chi connectivity index (χ1v) is 10.3. The molecule has 0 aliphatic carbocycles. The van der Waals surface area contributed by atoms with Gasteiger partial charge in [0.1, 0.15) is 0 Å². The third-order valence-corrected chi connectivity index (χ3v) is 11.0. The predicted octanol–water partition coefficient (Wildman–Crippen LogP) is 2.94. The van der Waals surface area contributed by atoms with Crippen LogP contribution in [0.1, 0.15) is 0 Å². The molecule has 0 aromatic carbocycles. The van der Waals surface area contributed by atoms with Gasteiger partial charge in [-0.25, -0.2) is 0 Å². The van der Waals surface area contributed by atoms with Crippen molar-refractivity contribution >= 4 is 27.9 Å². The van der Waals surface area contributed by atoms with Crippen molar-refractivity contribution in [2.24, 2.45) is 0 Å². The lowest BCUT2D eigenvalue weighted by atomic mass is 11.9. The number of hydrogen-bond acceptors (Lipinski definition) is 1. The van der Waals surface area contributed by atoms with Gasteiger partial charge in [-0.1, -0.05) is 9.83 Å². The first-order valence-electron chi connectivity index (χ1n) is 2.78. The third kappa shape index (κ3) is 9.05. The summed E-state index contributed by atoms with van der Waals surface area (Å²) >= 11 is 0. The predicted molar refractivity (Wildman–Crippen MR) is 58.3 cm³/mol. The Bertz CT molecular complexity index is 73.5. The molecule has 60 valence electrons. The Morgan fingerprint density at radius 3 is 0.889 bits per heavy atom. The maximum absolute atomic E-state index is 2.36. The SMILES string of the molecule is CS(C)(C)SS(C)(C)C. The minimum absolute atomic E-state index is 0.328. The van der Waals surface area contributed by atoms with Gasteiger partial charge < -0.3 is 0 Å². The summed E-state index contributed by atoms with van der Waals surface area (Å²) < 4.78 is 0. The van der Waals surface area contributed by atoms with Gasteiger partial charge in [0.05, 0.1) is 0 Å². The fourth-order valence-electron chi connectivity index (χ4n) is 0.612. The highest BCUT2D eigenvalue weighted by atomic mass is 33.6. The molecule has 0 nitrogen and oxygen atoms in total. The number of rotatable bonds is 2. The summed E-state index contributed by atoms with van der Waals surface area (Å²) in [4.78, 5) is 0. The second-order valence-corrected chi connectivity index (χ2v) is 18.2. The molecule has 0 aliphatic heterocycles. The fraction of sp³-hybridized carbons (Fsp3) is 1.00. The van der Waals surface area contributed by atoms with E-state index in [-0.39, 0.29) is 18.1 Å². The first kappa shape index (κ1) is 10.0. The molecule has 0 spiro atoms. The van der Waals surface area contributed by atoms with Crippen LogP contribution in [0.3, 0.4) is 0 Å². The van der Waals surface area contributed by atoms with Gasteiger partial charge in [-0.15, -0.1) is 0 Å². The van der Waals surface area contributed by atoms with Crippen LogP contribution in [0.4, 0.5) is 0 Å². The zero-order valence-corrected chi connectivity index (χ0v) is 9.67. The van der Waals surface area contributed by atoms with Crippen LogP contribution in [0, 0.1) is 0 Å². The second-order valence-electron chi connectivity index (χ2n) is 3.52. The Balaban J connectivity index is 3.75. The van der Waals surface area contributed by atoms with Crippen LogP contribution in [-0.4, -0.2) is 37.5 Å². The van der Waals surface area contributed by atoms with Crippen LogP contribution >= 0.6 is 27.9 Å². The summed E-state index contributed by atoms with van der Waals surface area (Å²) in [7, 11) is 1.52. The van der Waals surface area contributed by atoms with Crippen molar-refractivity contribution in [1.29, 1.82) is 0 Å². The first-order chi connectivity index (χ1) is 3.71. The van der Waals surface area contributed by atoms with Crippen molar-refractivity contribution in [2.75, 3.05) is 37.5 Å². The number of hydrogen-bond donors (Lipinski definition) is 0. The largest absolute Gasteiger partial charge is 0.193 e. The van der Waals surface area contributed by atoms with Crippen LogP contribution in [0.2, 0.25) is 0 Å². The summed E-state index contributed by atoms with van der Waals surface area (Å²) in [5.41, 5.74) is 0. The Labute approximate surface area is 65.6 Å². The smallest absolute Gasteiger partial charge is 0.0256 e. The van der Waals surface area contributed by atoms with Gasteiger partial charge in [0, 0.05) is 0 Å². The monoisotopic (exact) mass is 186 g/mol. The lowest BCUT2D eigenvalue weighted by Gasteiger charge is -2.35. The lowest BCUT2D eigenvalue weighted by molar-refractivity contribution is 2.16. The van der Waals surface area contributed by atoms with E-state index in [0.717, 1.165) is 0 Å². The van der Waals surface area contributed by atoms with E-state index in [1.54, 1.807) is 0 Å². The molecule has 0 bridgehead atoms. The van der Waals surface area contributed by atoms with Crippen LogP contribution < -0.4 is 0 Å². The Hall–Kier alpha value is 1.05. The molecular weight excluding hydrogens is 168 g/mol. The molecule has 0 saturated carbocycles. The maximum atomic E-state index is 2.36. The highest BCUT2D eigenvalue weighted by Crippen LogP contribution is 2.68. The van der Waals surface area contributed by atoms with Gasteiger partial charge in [0.25, 0.3) is 0 Å². The maximum Gasteiger partial charge on any atom is -0.0256 e. The Morgan fingerprint density at radius 1 is 0.667 bits per heavy atom. The van der Waals surface area contributed by atoms with E-state index in [1.165, 1.54) is 0 Å². The van der Waals surface area contributed by atoms with Gasteiger partial charge in [-0.05, 0) is 37.5 Å². The highest BCUT2D eigenvalue weighted by molar-refractivity contribution is 9.26. The molecule has 0 heterocycles. The molecule has 0 aromatic heterocycles. The summed E-state index contributed by atoms with van der Waals surface area (Å²) in [5, 5.41) is 0. The molecule has 0 N–H and O–H groups in total. The van der Waals surface area contributed by atoms with Crippen molar-refractivity contribution in [2.45, 2.75) is 0 Å². The molecule has 0 rings (SSSR count). The second kappa shape index (κ2) is 2.97. The minimum atomic E-state index is -0.328. The summed E-state index contributed by atoms with van der Waals surface area (Å²) in [6.07, 6.45) is 14.1. The average molecular weight is 186 g/mol. The van der Waals surface area contributed by atoms with Crippen molar-refractivity contribution in [3.63, 3.8) is 0 Å². The molecule has 0 aromatic rings. The van der Waals surface area contributed by atoms with Gasteiger partial charge in [0.2, 0.25) is 0 Å². The van der Waals surface area contributed by atoms with Crippen molar-refractivity contribution < 1.29 is 0 Å². The molecule has 0 unspecified atom stereocenters. The van der Waals surface area contributed by atoms with Crippen LogP contribution in [0.25, 0.3) is 0 Å². The van der Waals surface area contributed by atoms with Gasteiger partial charge in [0.15, 0.2) is 0 Å². The van der Waals surface area contributed by atoms with Gasteiger partial charge in [-0.3, -0.25) is 0 Å². The summed E-state index contributed by atoms with van der Waals surface area (Å²) in [6, 6.07) is 0. The standard InChI is InChI=1S/C6H18S3/c1-8(2,3)7-9(4,5)6/h1-6H3. The van der Waals surface area contributed by atoms with Crippen LogP contribution in [0.5, 0.6) is 0 Å². The van der Waals surface area contributed by atoms with E-state index in [0.29, 0.717) is 0 Å². The molecule has 0 aliphatic rings. The van der Waals surface area contributed by atoms with E-state index < -0.39 is 0 Å². The zero-order valence-electron chi connectivity index (χ0n) is 7.22. The molecule has 0 atom stereocenters. The van der Waals surface area contributed by atoms with E-state index in [2.05, 4.69) is 47.4 Å². The average Bonchev–Trinajstić information content (AvgIpc) is 1.14. The van der Waals surface area contributed by atoms with Crippen LogP contribution in [0.15, 0.2) is 0 Å². The van der Waals surface area contributed by atoms with Crippen LogP contribution in [-0.2, 0) is 0 Å². The molecule has 9 heavy (non-hydrogen) atoms. The molecule has 0 radical (unpaired) electrons.